The monoisotopic (exact) mass is 706 g/mol. The Morgan fingerprint density at radius 3 is 2.53 bits per heavy atom. The SMILES string of the molecule is CC(C)(CO)CN1CCCOCC(F)(F)c2ccccc2-c2nc(ccc2-n2ccc(OCC(C)(C)C(F)(F)F)n2)NSc2cccc1n2. The zero-order chi connectivity index (χ0) is 35.5. The summed E-state index contributed by atoms with van der Waals surface area (Å²) in [6.07, 6.45) is -2.58. The second-order valence-corrected chi connectivity index (χ2v) is 14.1. The molecule has 1 aliphatic heterocycles. The third-order valence-electron chi connectivity index (χ3n) is 7.95. The van der Waals surface area contributed by atoms with Crippen molar-refractivity contribution in [3.8, 4) is 22.8 Å². The first kappa shape index (κ1) is 36.3. The predicted molar refractivity (Wildman–Crippen MR) is 178 cm³/mol. The van der Waals surface area contributed by atoms with E-state index in [4.69, 9.17) is 19.4 Å². The maximum atomic E-state index is 15.9. The lowest BCUT2D eigenvalue weighted by Gasteiger charge is -2.32. The number of nitrogens with zero attached hydrogens (tertiary/aromatic N) is 5. The lowest BCUT2D eigenvalue weighted by atomic mass is 9.94. The van der Waals surface area contributed by atoms with Gasteiger partial charge in [-0.3, -0.25) is 0 Å². The second kappa shape index (κ2) is 14.5. The fraction of sp³-hybridized carbons (Fsp3) is 0.441. The molecule has 0 unspecified atom stereocenters. The van der Waals surface area contributed by atoms with E-state index in [2.05, 4.69) is 9.82 Å². The summed E-state index contributed by atoms with van der Waals surface area (Å²) < 4.78 is 87.5. The third-order valence-corrected chi connectivity index (χ3v) is 8.70. The average Bonchev–Trinajstić information content (AvgIpc) is 3.54. The van der Waals surface area contributed by atoms with Gasteiger partial charge in [-0.25, -0.2) is 14.6 Å². The molecule has 9 nitrogen and oxygen atoms in total. The van der Waals surface area contributed by atoms with E-state index in [1.165, 1.54) is 47.1 Å². The van der Waals surface area contributed by atoms with E-state index in [1.807, 2.05) is 36.9 Å². The first-order valence-corrected chi connectivity index (χ1v) is 16.5. The minimum atomic E-state index is -4.49. The summed E-state index contributed by atoms with van der Waals surface area (Å²) in [5.41, 5.74) is -2.31. The van der Waals surface area contributed by atoms with Gasteiger partial charge in [0.25, 0.3) is 5.92 Å². The summed E-state index contributed by atoms with van der Waals surface area (Å²) in [6, 6.07) is 16.2. The number of rotatable bonds is 7. The Morgan fingerprint density at radius 2 is 1.78 bits per heavy atom. The van der Waals surface area contributed by atoms with Crippen LogP contribution in [0.1, 0.15) is 39.7 Å². The largest absolute Gasteiger partial charge is 0.476 e. The van der Waals surface area contributed by atoms with Gasteiger partial charge in [-0.05, 0) is 44.5 Å². The predicted octanol–water partition coefficient (Wildman–Crippen LogP) is 7.75. The van der Waals surface area contributed by atoms with Crippen molar-refractivity contribution in [1.29, 1.82) is 0 Å². The molecule has 264 valence electrons. The van der Waals surface area contributed by atoms with Crippen LogP contribution in [-0.4, -0.2) is 70.5 Å². The zero-order valence-electron chi connectivity index (χ0n) is 27.6. The third kappa shape index (κ3) is 8.81. The molecule has 1 aromatic carbocycles. The molecule has 4 aromatic rings. The molecule has 49 heavy (non-hydrogen) atoms. The summed E-state index contributed by atoms with van der Waals surface area (Å²) in [7, 11) is 0. The van der Waals surface area contributed by atoms with Gasteiger partial charge in [0, 0.05) is 67.1 Å². The molecule has 0 aliphatic carbocycles. The molecule has 0 amide bonds. The average molecular weight is 707 g/mol. The highest BCUT2D eigenvalue weighted by Crippen LogP contribution is 2.40. The maximum Gasteiger partial charge on any atom is 0.397 e. The standard InChI is InChI=1S/C34H39F5N6O3S/c1-31(2,20-46)19-44-16-8-18-47-22-33(35,36)24-10-6-5-9-23(24)30-25(13-14-26(40-30)43-49-29-12-7-11-27(44)41-29)45-17-15-28(42-45)48-21-32(3,4)34(37,38)39/h5-7,9-15,17,46H,8,16,18-22H2,1-4H3,(H,40,43). The number of benzene rings is 1. The number of halogens is 5. The summed E-state index contributed by atoms with van der Waals surface area (Å²) in [6.45, 7) is 5.34. The van der Waals surface area contributed by atoms with Gasteiger partial charge < -0.3 is 24.2 Å². The van der Waals surface area contributed by atoms with Crippen molar-refractivity contribution in [3.05, 3.63) is 72.4 Å². The van der Waals surface area contributed by atoms with E-state index in [0.29, 0.717) is 41.9 Å². The molecule has 0 radical (unpaired) electrons. The van der Waals surface area contributed by atoms with Crippen molar-refractivity contribution in [2.75, 3.05) is 49.1 Å². The quantitative estimate of drug-likeness (QED) is 0.148. The maximum absolute atomic E-state index is 15.9. The highest BCUT2D eigenvalue weighted by atomic mass is 32.2. The van der Waals surface area contributed by atoms with Crippen LogP contribution in [0.4, 0.5) is 33.6 Å². The Hall–Kier alpha value is -3.95. The van der Waals surface area contributed by atoms with Crippen LogP contribution in [0, 0.1) is 10.8 Å². The Balaban J connectivity index is 1.53. The van der Waals surface area contributed by atoms with E-state index < -0.39 is 36.1 Å². The molecular formula is C34H39F5N6O3S. The molecule has 0 saturated heterocycles. The highest BCUT2D eigenvalue weighted by Gasteiger charge is 2.48. The molecule has 0 fully saturated rings. The van der Waals surface area contributed by atoms with Gasteiger partial charge in [0.1, 0.15) is 29.9 Å². The Morgan fingerprint density at radius 1 is 1.00 bits per heavy atom. The number of fused-ring (bicyclic) bond motifs is 6. The first-order valence-electron chi connectivity index (χ1n) is 15.7. The van der Waals surface area contributed by atoms with E-state index in [0.717, 1.165) is 13.8 Å². The molecule has 0 spiro atoms. The summed E-state index contributed by atoms with van der Waals surface area (Å²) >= 11 is 1.19. The van der Waals surface area contributed by atoms with Gasteiger partial charge in [0.2, 0.25) is 5.88 Å². The van der Waals surface area contributed by atoms with E-state index in [9.17, 15) is 18.3 Å². The molecule has 4 heterocycles. The van der Waals surface area contributed by atoms with Crippen LogP contribution >= 0.6 is 11.9 Å². The van der Waals surface area contributed by atoms with Crippen LogP contribution in [0.25, 0.3) is 16.9 Å². The van der Waals surface area contributed by atoms with E-state index in [1.54, 1.807) is 18.2 Å². The second-order valence-electron chi connectivity index (χ2n) is 13.3. The van der Waals surface area contributed by atoms with Crippen LogP contribution in [0.5, 0.6) is 5.88 Å². The first-order chi connectivity index (χ1) is 23.1. The smallest absolute Gasteiger partial charge is 0.397 e. The van der Waals surface area contributed by atoms with Gasteiger partial charge in [-0.1, -0.05) is 44.2 Å². The van der Waals surface area contributed by atoms with Crippen LogP contribution in [0.3, 0.4) is 0 Å². The summed E-state index contributed by atoms with van der Waals surface area (Å²) in [4.78, 5) is 11.5. The molecule has 5 rings (SSSR count). The van der Waals surface area contributed by atoms with Gasteiger partial charge in [0.05, 0.1) is 16.8 Å². The number of aromatic nitrogens is 4. The number of hydrogen-bond donors (Lipinski definition) is 2. The van der Waals surface area contributed by atoms with Crippen molar-refractivity contribution in [3.63, 3.8) is 0 Å². The van der Waals surface area contributed by atoms with Crippen molar-refractivity contribution in [1.82, 2.24) is 19.7 Å². The fourth-order valence-corrected chi connectivity index (χ4v) is 5.58. The summed E-state index contributed by atoms with van der Waals surface area (Å²) in [5.74, 6) is -2.48. The van der Waals surface area contributed by atoms with E-state index >= 15 is 8.78 Å². The molecule has 1 aliphatic rings. The van der Waals surface area contributed by atoms with Crippen LogP contribution < -0.4 is 14.4 Å². The molecule has 0 saturated carbocycles. The van der Waals surface area contributed by atoms with Gasteiger partial charge >= 0.3 is 6.18 Å². The lowest BCUT2D eigenvalue weighted by Crippen LogP contribution is -2.38. The molecule has 15 heteroatoms. The topological polar surface area (TPSA) is 97.6 Å². The van der Waals surface area contributed by atoms with Crippen LogP contribution in [0.15, 0.2) is 71.9 Å². The number of anilines is 2. The Kier molecular flexibility index (Phi) is 10.7. The van der Waals surface area contributed by atoms with Crippen molar-refractivity contribution < 1.29 is 36.5 Å². The normalized spacial score (nSPS) is 16.0. The zero-order valence-corrected chi connectivity index (χ0v) is 28.4. The van der Waals surface area contributed by atoms with Crippen molar-refractivity contribution in [2.24, 2.45) is 10.8 Å². The van der Waals surface area contributed by atoms with Crippen molar-refractivity contribution in [2.45, 2.75) is 51.2 Å². The van der Waals surface area contributed by atoms with Crippen molar-refractivity contribution >= 4 is 23.6 Å². The molecule has 4 bridgehead atoms. The minimum absolute atomic E-state index is 0.0469. The number of ether oxygens (including phenoxy) is 2. The number of aliphatic hydroxyl groups excluding tert-OH is 1. The van der Waals surface area contributed by atoms with Gasteiger partial charge in [0.15, 0.2) is 0 Å². The highest BCUT2D eigenvalue weighted by molar-refractivity contribution is 8.00. The number of pyridine rings is 2. The Labute approximate surface area is 286 Å². The van der Waals surface area contributed by atoms with Crippen LogP contribution in [-0.2, 0) is 10.7 Å². The van der Waals surface area contributed by atoms with E-state index in [-0.39, 0.29) is 35.9 Å². The molecule has 0 atom stereocenters. The number of hydrogen-bond acceptors (Lipinski definition) is 9. The Bertz CT molecular complexity index is 1730. The summed E-state index contributed by atoms with van der Waals surface area (Å²) in [5, 5.41) is 14.8. The van der Waals surface area contributed by atoms with Gasteiger partial charge in [-0.15, -0.1) is 5.10 Å². The number of alkyl halides is 5. The molecule has 2 N–H and O–H groups in total. The molecule has 3 aromatic heterocycles. The minimum Gasteiger partial charge on any atom is -0.476 e. The van der Waals surface area contributed by atoms with Crippen LogP contribution in [0.2, 0.25) is 0 Å². The molecular weight excluding hydrogens is 667 g/mol. The van der Waals surface area contributed by atoms with Gasteiger partial charge in [-0.2, -0.15) is 22.0 Å². The lowest BCUT2D eigenvalue weighted by molar-refractivity contribution is -0.219. The number of nitrogens with one attached hydrogen (secondary N) is 1. The fourth-order valence-electron chi connectivity index (χ4n) is 4.97. The number of aliphatic hydroxyl groups is 1.